The van der Waals surface area contributed by atoms with Gasteiger partial charge in [0.2, 0.25) is 0 Å². The Kier molecular flexibility index (Phi) is 8.17. The van der Waals surface area contributed by atoms with Crippen molar-refractivity contribution in [1.29, 1.82) is 0 Å². The van der Waals surface area contributed by atoms with Crippen LogP contribution in [0.2, 0.25) is 3.63 Å². The number of rotatable bonds is 3. The van der Waals surface area contributed by atoms with Crippen LogP contribution in [-0.4, -0.2) is 3.21 Å². The van der Waals surface area contributed by atoms with Crippen LogP contribution in [-0.2, 0) is 21.3 Å². The summed E-state index contributed by atoms with van der Waals surface area (Å²) in [5, 5.41) is 0. The normalized spacial score (nSPS) is 21.1. The van der Waals surface area contributed by atoms with Gasteiger partial charge in [-0.05, 0) is 0 Å². The Morgan fingerprint density at radius 1 is 0.828 bits per heavy atom. The van der Waals surface area contributed by atoms with Gasteiger partial charge in [0.05, 0.1) is 0 Å². The predicted octanol–water partition coefficient (Wildman–Crippen LogP) is 1.24. The van der Waals surface area contributed by atoms with Gasteiger partial charge in [0.1, 0.15) is 0 Å². The van der Waals surface area contributed by atoms with E-state index in [4.69, 9.17) is 0 Å². The van der Waals surface area contributed by atoms with Gasteiger partial charge in [-0.2, -0.15) is 0 Å². The molecule has 5 rings (SSSR count). The van der Waals surface area contributed by atoms with Crippen molar-refractivity contribution in [2.75, 3.05) is 0 Å². The third kappa shape index (κ3) is 4.30. The molecule has 152 valence electrons. The Balaban J connectivity index is 0.00000120. The van der Waals surface area contributed by atoms with E-state index in [0.717, 1.165) is 3.63 Å². The van der Waals surface area contributed by atoms with Crippen LogP contribution in [0, 0.1) is 0 Å². The van der Waals surface area contributed by atoms with Crippen LogP contribution in [0.5, 0.6) is 0 Å². The van der Waals surface area contributed by atoms with E-state index >= 15 is 0 Å². The molecule has 0 aliphatic heterocycles. The van der Waals surface area contributed by atoms with Gasteiger partial charge in [0.25, 0.3) is 0 Å². The first-order valence-corrected chi connectivity index (χ1v) is 14.8. The molecule has 1 aromatic carbocycles. The SMILES string of the molecule is C/[C](c1ccccc1)=[Zr+2](/[C]1=CC=CC1)[CH]1C2=C(CCCC2)C2=C1CCCC2.[Cl-].[Cl-]. The van der Waals surface area contributed by atoms with E-state index < -0.39 is 21.3 Å². The molecule has 0 nitrogen and oxygen atoms in total. The molecule has 1 aromatic rings. The summed E-state index contributed by atoms with van der Waals surface area (Å²) >= 11 is -2.00. The van der Waals surface area contributed by atoms with E-state index in [-0.39, 0.29) is 24.8 Å². The number of benzene rings is 1. The standard InChI is InChI=1S/C13H17.C8H8.C5H5.2ClH.Zr/c1-3-7-12-10(5-1)9-11-6-2-4-8-13(11)12;1-2-8-6-4-3-5-7-8;1-2-4-5-3-1;;;/h9H,1-8H2;3-7H,1H3;1-3H,4H2;2*1H;/q;;;;;+2/p-2. The number of hydrogen-bond acceptors (Lipinski definition) is 0. The summed E-state index contributed by atoms with van der Waals surface area (Å²) in [6, 6.07) is 11.3. The quantitative estimate of drug-likeness (QED) is 0.581. The van der Waals surface area contributed by atoms with Crippen LogP contribution in [0.3, 0.4) is 0 Å². The summed E-state index contributed by atoms with van der Waals surface area (Å²) in [5.41, 5.74) is 9.07. The zero-order chi connectivity index (χ0) is 18.2. The van der Waals surface area contributed by atoms with Crippen molar-refractivity contribution in [2.45, 2.75) is 68.3 Å². The van der Waals surface area contributed by atoms with Crippen molar-refractivity contribution in [3.8, 4) is 0 Å². The fourth-order valence-corrected chi connectivity index (χ4v) is 15.0. The molecule has 0 atom stereocenters. The Labute approximate surface area is 196 Å². The first kappa shape index (κ1) is 23.2. The van der Waals surface area contributed by atoms with Crippen LogP contribution < -0.4 is 24.8 Å². The van der Waals surface area contributed by atoms with Gasteiger partial charge >= 0.3 is 173 Å². The van der Waals surface area contributed by atoms with Gasteiger partial charge in [0.15, 0.2) is 0 Å². The van der Waals surface area contributed by atoms with Crippen molar-refractivity contribution in [3.05, 3.63) is 79.7 Å². The smallest absolute Gasteiger partial charge is 1.00 e. The molecule has 0 heterocycles. The number of hydrogen-bond donors (Lipinski definition) is 0. The molecule has 0 unspecified atom stereocenters. The van der Waals surface area contributed by atoms with Gasteiger partial charge in [-0.25, -0.2) is 0 Å². The first-order chi connectivity index (χ1) is 13.3. The molecule has 0 spiro atoms. The fourth-order valence-electron chi connectivity index (χ4n) is 5.88. The zero-order valence-electron chi connectivity index (χ0n) is 17.3. The third-order valence-electron chi connectivity index (χ3n) is 7.10. The molecule has 0 saturated heterocycles. The van der Waals surface area contributed by atoms with Gasteiger partial charge in [0, 0.05) is 0 Å². The predicted molar refractivity (Wildman–Crippen MR) is 113 cm³/mol. The molecule has 3 heteroatoms. The van der Waals surface area contributed by atoms with E-state index in [1.807, 2.05) is 25.6 Å². The average molecular weight is 505 g/mol. The minimum atomic E-state index is -2.00. The summed E-state index contributed by atoms with van der Waals surface area (Å²) in [7, 11) is 0. The van der Waals surface area contributed by atoms with E-state index in [0.29, 0.717) is 0 Å². The summed E-state index contributed by atoms with van der Waals surface area (Å²) in [4.78, 5) is 0. The third-order valence-corrected chi connectivity index (χ3v) is 15.5. The maximum Gasteiger partial charge on any atom is -1.00 e. The van der Waals surface area contributed by atoms with Crippen LogP contribution in [0.25, 0.3) is 0 Å². The van der Waals surface area contributed by atoms with Crippen molar-refractivity contribution in [3.63, 3.8) is 0 Å². The average Bonchev–Trinajstić information content (AvgIpc) is 3.37. The second-order valence-corrected chi connectivity index (χ2v) is 15.5. The molecule has 4 aliphatic rings. The maximum absolute atomic E-state index is 2.51. The topological polar surface area (TPSA) is 0 Å². The molecule has 0 fully saturated rings. The molecular formula is C26H30Cl2Zr. The number of allylic oxidation sites excluding steroid dienone is 8. The van der Waals surface area contributed by atoms with Crippen molar-refractivity contribution in [2.24, 2.45) is 0 Å². The van der Waals surface area contributed by atoms with Gasteiger partial charge in [-0.15, -0.1) is 0 Å². The molecular weight excluding hydrogens is 474 g/mol. The monoisotopic (exact) mass is 502 g/mol. The Bertz CT molecular complexity index is 883. The van der Waals surface area contributed by atoms with Gasteiger partial charge in [-0.1, -0.05) is 0 Å². The molecule has 29 heavy (non-hydrogen) atoms. The summed E-state index contributed by atoms with van der Waals surface area (Å²) in [6.07, 6.45) is 19.7. The summed E-state index contributed by atoms with van der Waals surface area (Å²) < 4.78 is 4.46. The number of halogens is 2. The molecule has 0 amide bonds. The molecule has 0 bridgehead atoms. The Morgan fingerprint density at radius 2 is 1.41 bits per heavy atom. The molecule has 0 saturated carbocycles. The molecule has 0 aromatic heterocycles. The van der Waals surface area contributed by atoms with E-state index in [2.05, 4.69) is 55.5 Å². The number of fused-ring (bicyclic) bond motifs is 1. The summed E-state index contributed by atoms with van der Waals surface area (Å²) in [5.74, 6) is 0. The summed E-state index contributed by atoms with van der Waals surface area (Å²) in [6.45, 7) is 2.49. The van der Waals surface area contributed by atoms with E-state index in [1.165, 1.54) is 63.4 Å². The second-order valence-electron chi connectivity index (χ2n) is 8.58. The van der Waals surface area contributed by atoms with Crippen molar-refractivity contribution in [1.82, 2.24) is 0 Å². The van der Waals surface area contributed by atoms with Crippen LogP contribution in [0.4, 0.5) is 0 Å². The zero-order valence-corrected chi connectivity index (χ0v) is 21.3. The molecule has 0 radical (unpaired) electrons. The molecule has 0 N–H and O–H groups in total. The second kappa shape index (κ2) is 10.2. The van der Waals surface area contributed by atoms with Crippen LogP contribution in [0.1, 0.15) is 70.3 Å². The van der Waals surface area contributed by atoms with Crippen LogP contribution in [0.15, 0.2) is 74.1 Å². The minimum absolute atomic E-state index is 0. The largest absolute Gasteiger partial charge is 1.00 e. The van der Waals surface area contributed by atoms with Gasteiger partial charge < -0.3 is 24.8 Å². The van der Waals surface area contributed by atoms with Crippen molar-refractivity contribution < 1.29 is 46.1 Å². The maximum atomic E-state index is 2.51. The van der Waals surface area contributed by atoms with Gasteiger partial charge in [-0.3, -0.25) is 0 Å². The Morgan fingerprint density at radius 3 is 1.97 bits per heavy atom. The van der Waals surface area contributed by atoms with E-state index in [1.54, 1.807) is 3.21 Å². The Hall–Kier alpha value is -0.487. The minimum Gasteiger partial charge on any atom is -1.00 e. The first-order valence-electron chi connectivity index (χ1n) is 10.9. The molecule has 4 aliphatic carbocycles. The van der Waals surface area contributed by atoms with E-state index in [9.17, 15) is 0 Å². The fraction of sp³-hybridized carbons (Fsp3) is 0.423. The van der Waals surface area contributed by atoms with Crippen LogP contribution >= 0.6 is 0 Å². The van der Waals surface area contributed by atoms with Crippen molar-refractivity contribution >= 4 is 3.21 Å².